The molecule has 1 aliphatic heterocycles. The van der Waals surface area contributed by atoms with Crippen molar-refractivity contribution in [1.82, 2.24) is 10.2 Å². The third-order valence-corrected chi connectivity index (χ3v) is 9.32. The van der Waals surface area contributed by atoms with Gasteiger partial charge in [0.25, 0.3) is 0 Å². The number of hydrogen-bond acceptors (Lipinski definition) is 5. The topological polar surface area (TPSA) is 105 Å². The molecule has 2 aliphatic carbocycles. The van der Waals surface area contributed by atoms with Gasteiger partial charge in [-0.25, -0.2) is 4.79 Å². The zero-order valence-corrected chi connectivity index (χ0v) is 23.7. The standard InChI is InChI=1S/C34H36N2O6/c1-22(41-19-23-10-3-2-4-11-23)30(31(37)36-18-29(32(38)39)34(21-36)16-9-17-34)35-33(40)42-20-28-26-14-7-5-12-24(26)25-13-6-8-15-27(25)28/h2-8,10-15,22,28-30H,9,16-21H2,1H3,(H,35,40)(H,38,39)/t22-,29?,30+/m0/s1. The van der Waals surface area contributed by atoms with Crippen LogP contribution >= 0.6 is 0 Å². The smallest absolute Gasteiger partial charge is 0.407 e. The van der Waals surface area contributed by atoms with E-state index >= 15 is 0 Å². The van der Waals surface area contributed by atoms with Crippen LogP contribution in [0, 0.1) is 11.3 Å². The molecule has 1 heterocycles. The van der Waals surface area contributed by atoms with Crippen LogP contribution in [0.5, 0.6) is 0 Å². The molecule has 0 radical (unpaired) electrons. The molecule has 218 valence electrons. The number of benzene rings is 3. The number of likely N-dealkylation sites (tertiary alicyclic amines) is 1. The summed E-state index contributed by atoms with van der Waals surface area (Å²) in [4.78, 5) is 40.8. The van der Waals surface area contributed by atoms with Crippen molar-refractivity contribution in [3.8, 4) is 11.1 Å². The predicted molar refractivity (Wildman–Crippen MR) is 157 cm³/mol. The van der Waals surface area contributed by atoms with Crippen LogP contribution in [0.3, 0.4) is 0 Å². The van der Waals surface area contributed by atoms with Gasteiger partial charge >= 0.3 is 12.1 Å². The number of carboxylic acid groups (broad SMARTS) is 1. The molecule has 8 heteroatoms. The van der Waals surface area contributed by atoms with Crippen molar-refractivity contribution in [3.05, 3.63) is 95.6 Å². The molecule has 42 heavy (non-hydrogen) atoms. The molecule has 3 aliphatic rings. The number of fused-ring (bicyclic) bond motifs is 3. The van der Waals surface area contributed by atoms with E-state index in [0.717, 1.165) is 47.1 Å². The molecule has 0 bridgehead atoms. The second-order valence-electron chi connectivity index (χ2n) is 11.8. The molecule has 0 aromatic heterocycles. The van der Waals surface area contributed by atoms with Crippen LogP contribution in [0.15, 0.2) is 78.9 Å². The Morgan fingerprint density at radius 2 is 1.57 bits per heavy atom. The zero-order chi connectivity index (χ0) is 29.3. The molecule has 3 aromatic carbocycles. The van der Waals surface area contributed by atoms with Crippen LogP contribution < -0.4 is 5.32 Å². The summed E-state index contributed by atoms with van der Waals surface area (Å²) in [5.74, 6) is -1.94. The quantitative estimate of drug-likeness (QED) is 0.367. The third kappa shape index (κ3) is 5.27. The summed E-state index contributed by atoms with van der Waals surface area (Å²) >= 11 is 0. The summed E-state index contributed by atoms with van der Waals surface area (Å²) in [7, 11) is 0. The van der Waals surface area contributed by atoms with Crippen molar-refractivity contribution in [3.63, 3.8) is 0 Å². The minimum atomic E-state index is -1.03. The number of alkyl carbamates (subject to hydrolysis) is 1. The summed E-state index contributed by atoms with van der Waals surface area (Å²) in [5, 5.41) is 12.7. The second-order valence-corrected chi connectivity index (χ2v) is 11.8. The van der Waals surface area contributed by atoms with Gasteiger partial charge in [-0.15, -0.1) is 0 Å². The van der Waals surface area contributed by atoms with E-state index in [2.05, 4.69) is 29.6 Å². The first-order valence-corrected chi connectivity index (χ1v) is 14.6. The van der Waals surface area contributed by atoms with Gasteiger partial charge in [-0.2, -0.15) is 0 Å². The van der Waals surface area contributed by atoms with Crippen LogP contribution in [0.4, 0.5) is 4.79 Å². The van der Waals surface area contributed by atoms with Gasteiger partial charge in [-0.1, -0.05) is 85.3 Å². The van der Waals surface area contributed by atoms with E-state index in [0.29, 0.717) is 6.54 Å². The van der Waals surface area contributed by atoms with Crippen LogP contribution in [-0.4, -0.2) is 59.8 Å². The lowest BCUT2D eigenvalue weighted by molar-refractivity contribution is -0.146. The van der Waals surface area contributed by atoms with E-state index < -0.39 is 30.1 Å². The van der Waals surface area contributed by atoms with Gasteiger partial charge in [0.1, 0.15) is 12.6 Å². The summed E-state index contributed by atoms with van der Waals surface area (Å²) in [6, 6.07) is 24.8. The molecule has 2 fully saturated rings. The van der Waals surface area contributed by atoms with Crippen molar-refractivity contribution in [2.75, 3.05) is 19.7 Å². The highest BCUT2D eigenvalue weighted by Gasteiger charge is 2.55. The van der Waals surface area contributed by atoms with Crippen molar-refractivity contribution < 1.29 is 29.0 Å². The van der Waals surface area contributed by atoms with Gasteiger partial charge in [0.2, 0.25) is 5.91 Å². The lowest BCUT2D eigenvalue weighted by Crippen LogP contribution is -2.54. The Bertz CT molecular complexity index is 1420. The molecule has 6 rings (SSSR count). The maximum absolute atomic E-state index is 13.9. The monoisotopic (exact) mass is 568 g/mol. The lowest BCUT2D eigenvalue weighted by Gasteiger charge is -2.41. The molecule has 3 atom stereocenters. The zero-order valence-electron chi connectivity index (χ0n) is 23.7. The number of hydrogen-bond donors (Lipinski definition) is 2. The number of carbonyl (C=O) groups is 3. The lowest BCUT2D eigenvalue weighted by atomic mass is 9.63. The summed E-state index contributed by atoms with van der Waals surface area (Å²) in [5.41, 5.74) is 5.01. The fourth-order valence-electron chi connectivity index (χ4n) is 6.86. The van der Waals surface area contributed by atoms with E-state index in [1.54, 1.807) is 11.8 Å². The van der Waals surface area contributed by atoms with Crippen LogP contribution in [0.1, 0.15) is 48.8 Å². The maximum atomic E-state index is 13.9. The third-order valence-electron chi connectivity index (χ3n) is 9.32. The minimum absolute atomic E-state index is 0.113. The van der Waals surface area contributed by atoms with Gasteiger partial charge in [0.05, 0.1) is 18.6 Å². The summed E-state index contributed by atoms with van der Waals surface area (Å²) in [6.07, 6.45) is 1.15. The van der Waals surface area contributed by atoms with Crippen molar-refractivity contribution in [1.29, 1.82) is 0 Å². The summed E-state index contributed by atoms with van der Waals surface area (Å²) in [6.45, 7) is 2.63. The minimum Gasteiger partial charge on any atom is -0.481 e. The Hall–Kier alpha value is -4.17. The van der Waals surface area contributed by atoms with Gasteiger partial charge in [0.15, 0.2) is 0 Å². The highest BCUT2D eigenvalue weighted by molar-refractivity contribution is 5.87. The highest BCUT2D eigenvalue weighted by atomic mass is 16.5. The Kier molecular flexibility index (Phi) is 7.73. The van der Waals surface area contributed by atoms with E-state index in [9.17, 15) is 19.5 Å². The van der Waals surface area contributed by atoms with Crippen LogP contribution in [-0.2, 0) is 25.7 Å². The predicted octanol–water partition coefficient (Wildman–Crippen LogP) is 5.21. The molecule has 3 aromatic rings. The number of nitrogens with zero attached hydrogens (tertiary/aromatic N) is 1. The number of ether oxygens (including phenoxy) is 2. The van der Waals surface area contributed by atoms with E-state index in [-0.39, 0.29) is 37.0 Å². The van der Waals surface area contributed by atoms with E-state index in [4.69, 9.17) is 9.47 Å². The molecular formula is C34H36N2O6. The number of carboxylic acids is 1. The fourth-order valence-corrected chi connectivity index (χ4v) is 6.86. The molecular weight excluding hydrogens is 532 g/mol. The molecule has 1 saturated carbocycles. The van der Waals surface area contributed by atoms with Gasteiger partial charge in [-0.05, 0) is 47.6 Å². The molecule has 1 saturated heterocycles. The Morgan fingerprint density at radius 1 is 0.952 bits per heavy atom. The number of nitrogens with one attached hydrogen (secondary N) is 1. The molecule has 1 spiro atoms. The van der Waals surface area contributed by atoms with Gasteiger partial charge in [0, 0.05) is 24.4 Å². The Balaban J connectivity index is 1.17. The van der Waals surface area contributed by atoms with Crippen molar-refractivity contribution >= 4 is 18.0 Å². The Morgan fingerprint density at radius 3 is 2.14 bits per heavy atom. The maximum Gasteiger partial charge on any atom is 0.407 e. The van der Waals surface area contributed by atoms with E-state index in [1.165, 1.54) is 0 Å². The molecule has 1 unspecified atom stereocenters. The van der Waals surface area contributed by atoms with Crippen LogP contribution in [0.25, 0.3) is 11.1 Å². The normalized spacial score (nSPS) is 19.8. The second kappa shape index (κ2) is 11.6. The van der Waals surface area contributed by atoms with Gasteiger partial charge in [-0.3, -0.25) is 9.59 Å². The van der Waals surface area contributed by atoms with E-state index in [1.807, 2.05) is 54.6 Å². The number of amides is 2. The Labute approximate surface area is 245 Å². The molecule has 2 N–H and O–H groups in total. The summed E-state index contributed by atoms with van der Waals surface area (Å²) < 4.78 is 11.8. The number of rotatable bonds is 9. The number of aliphatic carboxylic acids is 1. The average Bonchev–Trinajstić information content (AvgIpc) is 3.56. The SMILES string of the molecule is C[C@H](OCc1ccccc1)[C@@H](NC(=O)OCC1c2ccccc2-c2ccccc21)C(=O)N1CC(C(=O)O)C2(CCC2)C1. The first-order valence-electron chi connectivity index (χ1n) is 14.6. The first kappa shape index (κ1) is 28.0. The van der Waals surface area contributed by atoms with Crippen molar-refractivity contribution in [2.24, 2.45) is 11.3 Å². The fraction of sp³-hybridized carbons (Fsp3) is 0.382. The molecule has 8 nitrogen and oxygen atoms in total. The molecule has 2 amide bonds. The first-order chi connectivity index (χ1) is 20.4. The number of carbonyl (C=O) groups excluding carboxylic acids is 2. The van der Waals surface area contributed by atoms with Gasteiger partial charge < -0.3 is 24.8 Å². The largest absolute Gasteiger partial charge is 0.481 e. The van der Waals surface area contributed by atoms with Crippen molar-refractivity contribution in [2.45, 2.75) is 50.9 Å². The highest BCUT2D eigenvalue weighted by Crippen LogP contribution is 2.52. The van der Waals surface area contributed by atoms with Crippen LogP contribution in [0.2, 0.25) is 0 Å². The average molecular weight is 569 g/mol.